The van der Waals surface area contributed by atoms with Crippen LogP contribution in [-0.4, -0.2) is 35.5 Å². The van der Waals surface area contributed by atoms with Crippen molar-refractivity contribution in [2.45, 2.75) is 33.8 Å². The second kappa shape index (κ2) is 8.86. The minimum absolute atomic E-state index is 0.0895. The number of nitrogens with one attached hydrogen (secondary N) is 2. The van der Waals surface area contributed by atoms with Gasteiger partial charge in [-0.2, -0.15) is 5.26 Å². The molecule has 1 atom stereocenters. The zero-order chi connectivity index (χ0) is 20.8. The molecule has 0 spiro atoms. The number of H-pyrrole nitrogens is 1. The van der Waals surface area contributed by atoms with Crippen LogP contribution < -0.4 is 5.32 Å². The van der Waals surface area contributed by atoms with Crippen molar-refractivity contribution in [3.05, 3.63) is 52.3 Å². The van der Waals surface area contributed by atoms with Crippen LogP contribution in [0.2, 0.25) is 0 Å². The Bertz CT molecular complexity index is 955. The van der Waals surface area contributed by atoms with Crippen LogP contribution in [0.5, 0.6) is 0 Å². The van der Waals surface area contributed by atoms with E-state index in [9.17, 15) is 14.4 Å². The normalized spacial score (nSPS) is 11.2. The number of nitrogens with zero attached hydrogens (tertiary/aromatic N) is 1. The average molecular weight is 383 g/mol. The Morgan fingerprint density at radius 1 is 1.25 bits per heavy atom. The fourth-order valence-electron chi connectivity index (χ4n) is 2.65. The Morgan fingerprint density at radius 3 is 2.61 bits per heavy atom. The number of aromatic nitrogens is 1. The fourth-order valence-corrected chi connectivity index (χ4v) is 2.65. The van der Waals surface area contributed by atoms with Gasteiger partial charge in [0.05, 0.1) is 23.8 Å². The molecule has 0 radical (unpaired) electrons. The standard InChI is InChI=1S/C20H21N3O5/c1-5-27-19(25)16-11(2)17(22-12(16)3)20(26)28-13(4)18(24)23-15-8-6-7-14(9-15)10-21/h6-9,13,22H,5H2,1-4H3,(H,23,24). The molecule has 0 aliphatic heterocycles. The van der Waals surface area contributed by atoms with Crippen LogP contribution >= 0.6 is 0 Å². The molecule has 8 nitrogen and oxygen atoms in total. The maximum atomic E-state index is 12.5. The molecular weight excluding hydrogens is 362 g/mol. The van der Waals surface area contributed by atoms with Crippen LogP contribution in [0, 0.1) is 25.2 Å². The van der Waals surface area contributed by atoms with E-state index in [1.807, 2.05) is 6.07 Å². The van der Waals surface area contributed by atoms with Gasteiger partial charge in [0.25, 0.3) is 5.91 Å². The molecule has 0 saturated carbocycles. The predicted octanol–water partition coefficient (Wildman–Crippen LogP) is 2.86. The van der Waals surface area contributed by atoms with Crippen molar-refractivity contribution in [2.24, 2.45) is 0 Å². The zero-order valence-corrected chi connectivity index (χ0v) is 16.1. The van der Waals surface area contributed by atoms with Crippen LogP contribution in [0.3, 0.4) is 0 Å². The molecule has 28 heavy (non-hydrogen) atoms. The third-order valence-electron chi connectivity index (χ3n) is 4.03. The Labute approximate surface area is 162 Å². The Balaban J connectivity index is 2.09. The molecule has 146 valence electrons. The monoisotopic (exact) mass is 383 g/mol. The molecular formula is C20H21N3O5. The lowest BCUT2D eigenvalue weighted by atomic mass is 10.1. The SMILES string of the molecule is CCOC(=O)c1c(C)[nH]c(C(=O)OC(C)C(=O)Nc2cccc(C#N)c2)c1C. The number of hydrogen-bond acceptors (Lipinski definition) is 6. The van der Waals surface area contributed by atoms with Crippen LogP contribution in [-0.2, 0) is 14.3 Å². The van der Waals surface area contributed by atoms with Crippen LogP contribution in [0.4, 0.5) is 5.69 Å². The van der Waals surface area contributed by atoms with Gasteiger partial charge in [0.15, 0.2) is 6.10 Å². The minimum atomic E-state index is -1.09. The van der Waals surface area contributed by atoms with Crippen molar-refractivity contribution >= 4 is 23.5 Å². The van der Waals surface area contributed by atoms with Gasteiger partial charge in [-0.3, -0.25) is 4.79 Å². The number of amides is 1. The molecule has 0 aliphatic carbocycles. The molecule has 1 heterocycles. The van der Waals surface area contributed by atoms with Gasteiger partial charge < -0.3 is 19.8 Å². The molecule has 2 N–H and O–H groups in total. The Hall–Kier alpha value is -3.60. The number of carbonyl (C=O) groups is 3. The predicted molar refractivity (Wildman–Crippen MR) is 101 cm³/mol. The first-order valence-corrected chi connectivity index (χ1v) is 8.66. The lowest BCUT2D eigenvalue weighted by molar-refractivity contribution is -0.123. The van der Waals surface area contributed by atoms with E-state index in [1.165, 1.54) is 13.0 Å². The van der Waals surface area contributed by atoms with E-state index in [4.69, 9.17) is 14.7 Å². The van der Waals surface area contributed by atoms with Crippen LogP contribution in [0.25, 0.3) is 0 Å². The van der Waals surface area contributed by atoms with Gasteiger partial charge in [-0.15, -0.1) is 0 Å². The topological polar surface area (TPSA) is 121 Å². The zero-order valence-electron chi connectivity index (χ0n) is 16.1. The second-order valence-electron chi connectivity index (χ2n) is 6.07. The van der Waals surface area contributed by atoms with Gasteiger partial charge in [0.1, 0.15) is 5.69 Å². The number of anilines is 1. The van der Waals surface area contributed by atoms with E-state index < -0.39 is 23.9 Å². The fraction of sp³-hybridized carbons (Fsp3) is 0.300. The maximum absolute atomic E-state index is 12.5. The smallest absolute Gasteiger partial charge is 0.355 e. The highest BCUT2D eigenvalue weighted by Gasteiger charge is 2.26. The number of esters is 2. The first-order valence-electron chi connectivity index (χ1n) is 8.66. The first-order chi connectivity index (χ1) is 13.3. The van der Waals surface area contributed by atoms with Crippen molar-refractivity contribution < 1.29 is 23.9 Å². The third kappa shape index (κ3) is 4.57. The molecule has 1 aromatic carbocycles. The van der Waals surface area contributed by atoms with E-state index >= 15 is 0 Å². The molecule has 0 aliphatic rings. The quantitative estimate of drug-likeness (QED) is 0.740. The summed E-state index contributed by atoms with van der Waals surface area (Å²) in [6, 6.07) is 8.35. The van der Waals surface area contributed by atoms with E-state index in [2.05, 4.69) is 10.3 Å². The molecule has 1 aromatic heterocycles. The number of hydrogen-bond donors (Lipinski definition) is 2. The van der Waals surface area contributed by atoms with E-state index in [-0.39, 0.29) is 17.9 Å². The van der Waals surface area contributed by atoms with E-state index in [0.717, 1.165) is 0 Å². The van der Waals surface area contributed by atoms with Gasteiger partial charge in [0, 0.05) is 11.4 Å². The molecule has 1 amide bonds. The summed E-state index contributed by atoms with van der Waals surface area (Å²) < 4.78 is 10.2. The van der Waals surface area contributed by atoms with Crippen LogP contribution in [0.15, 0.2) is 24.3 Å². The highest BCUT2D eigenvalue weighted by molar-refractivity contribution is 6.00. The number of benzene rings is 1. The summed E-state index contributed by atoms with van der Waals surface area (Å²) in [6.07, 6.45) is -1.09. The van der Waals surface area contributed by atoms with Gasteiger partial charge in [-0.1, -0.05) is 6.07 Å². The lowest BCUT2D eigenvalue weighted by Crippen LogP contribution is -2.30. The summed E-state index contributed by atoms with van der Waals surface area (Å²) in [4.78, 5) is 39.6. The number of nitriles is 1. The molecule has 8 heteroatoms. The Morgan fingerprint density at radius 2 is 1.96 bits per heavy atom. The number of aromatic amines is 1. The van der Waals surface area contributed by atoms with Crippen molar-refractivity contribution in [3.8, 4) is 6.07 Å². The van der Waals surface area contributed by atoms with E-state index in [0.29, 0.717) is 22.5 Å². The second-order valence-corrected chi connectivity index (χ2v) is 6.07. The van der Waals surface area contributed by atoms with Crippen molar-refractivity contribution in [1.29, 1.82) is 5.26 Å². The molecule has 0 bridgehead atoms. The van der Waals surface area contributed by atoms with Crippen molar-refractivity contribution in [2.75, 3.05) is 11.9 Å². The maximum Gasteiger partial charge on any atom is 0.355 e. The Kier molecular flexibility index (Phi) is 6.55. The number of aryl methyl sites for hydroxylation is 1. The van der Waals surface area contributed by atoms with Gasteiger partial charge >= 0.3 is 11.9 Å². The van der Waals surface area contributed by atoms with Crippen molar-refractivity contribution in [3.63, 3.8) is 0 Å². The third-order valence-corrected chi connectivity index (χ3v) is 4.03. The van der Waals surface area contributed by atoms with E-state index in [1.54, 1.807) is 39.0 Å². The highest BCUT2D eigenvalue weighted by Crippen LogP contribution is 2.20. The lowest BCUT2D eigenvalue weighted by Gasteiger charge is -2.13. The van der Waals surface area contributed by atoms with Crippen molar-refractivity contribution in [1.82, 2.24) is 4.98 Å². The summed E-state index contributed by atoms with van der Waals surface area (Å²) >= 11 is 0. The molecule has 0 fully saturated rings. The number of carbonyl (C=O) groups excluding carboxylic acids is 3. The highest BCUT2D eigenvalue weighted by atomic mass is 16.5. The average Bonchev–Trinajstić information content (AvgIpc) is 2.96. The summed E-state index contributed by atoms with van der Waals surface area (Å²) in [5.41, 5.74) is 2.06. The summed E-state index contributed by atoms with van der Waals surface area (Å²) in [7, 11) is 0. The minimum Gasteiger partial charge on any atom is -0.462 e. The number of ether oxygens (including phenoxy) is 2. The summed E-state index contributed by atoms with van der Waals surface area (Å²) in [5.74, 6) is -1.84. The first kappa shape index (κ1) is 20.7. The largest absolute Gasteiger partial charge is 0.462 e. The molecule has 2 aromatic rings. The van der Waals surface area contributed by atoms with Gasteiger partial charge in [-0.05, 0) is 51.5 Å². The van der Waals surface area contributed by atoms with Gasteiger partial charge in [-0.25, -0.2) is 9.59 Å². The summed E-state index contributed by atoms with van der Waals surface area (Å²) in [5, 5.41) is 11.5. The molecule has 0 saturated heterocycles. The molecule has 2 rings (SSSR count). The van der Waals surface area contributed by atoms with Crippen LogP contribution in [0.1, 0.15) is 51.5 Å². The molecule has 1 unspecified atom stereocenters. The van der Waals surface area contributed by atoms with Gasteiger partial charge in [0.2, 0.25) is 0 Å². The summed E-state index contributed by atoms with van der Waals surface area (Å²) in [6.45, 7) is 6.58. The number of rotatable bonds is 6.